The summed E-state index contributed by atoms with van der Waals surface area (Å²) >= 11 is 0. The minimum atomic E-state index is -0.457. The number of hydrogen-bond acceptors (Lipinski definition) is 2. The van der Waals surface area contributed by atoms with Crippen LogP contribution >= 0.6 is 0 Å². The van der Waals surface area contributed by atoms with E-state index in [9.17, 15) is 5.11 Å². The van der Waals surface area contributed by atoms with Crippen LogP contribution in [0.1, 0.15) is 46.0 Å². The molecule has 0 aromatic heterocycles. The Morgan fingerprint density at radius 3 is 2.50 bits per heavy atom. The summed E-state index contributed by atoms with van der Waals surface area (Å²) in [5, 5.41) is 9.64. The van der Waals surface area contributed by atoms with Crippen LogP contribution in [0.4, 0.5) is 0 Å². The van der Waals surface area contributed by atoms with Gasteiger partial charge >= 0.3 is 0 Å². The monoisotopic (exact) mass is 198 g/mol. The molecule has 14 heavy (non-hydrogen) atoms. The molecule has 0 saturated heterocycles. The van der Waals surface area contributed by atoms with Crippen molar-refractivity contribution in [2.75, 3.05) is 0 Å². The van der Waals surface area contributed by atoms with Gasteiger partial charge in [-0.2, -0.15) is 0 Å². The smallest absolute Gasteiger partial charge is 0.0979 e. The highest BCUT2D eigenvalue weighted by Crippen LogP contribution is 2.22. The van der Waals surface area contributed by atoms with Gasteiger partial charge in [0.1, 0.15) is 0 Å². The number of aliphatic hydroxyl groups is 1. The molecule has 2 unspecified atom stereocenters. The van der Waals surface area contributed by atoms with Crippen LogP contribution in [0.25, 0.3) is 0 Å². The Bertz CT molecular complexity index is 171. The predicted octanol–water partition coefficient (Wildman–Crippen LogP) is 2.66. The van der Waals surface area contributed by atoms with E-state index in [0.717, 1.165) is 12.8 Å². The Kier molecular flexibility index (Phi) is 5.20. The van der Waals surface area contributed by atoms with E-state index in [2.05, 4.69) is 0 Å². The van der Waals surface area contributed by atoms with E-state index in [1.54, 1.807) is 6.08 Å². The van der Waals surface area contributed by atoms with Gasteiger partial charge in [-0.1, -0.05) is 31.4 Å². The standard InChI is InChI=1S/C12H22O2/c1-3-7-12(13)10(2)14-11-8-5-4-6-9-11/h3,7,10-13H,4-6,8-9H2,1-2H3. The van der Waals surface area contributed by atoms with Crippen molar-refractivity contribution >= 4 is 0 Å². The fourth-order valence-corrected chi connectivity index (χ4v) is 1.94. The summed E-state index contributed by atoms with van der Waals surface area (Å²) in [5.74, 6) is 0. The molecule has 0 spiro atoms. The second kappa shape index (κ2) is 6.20. The summed E-state index contributed by atoms with van der Waals surface area (Å²) in [5.41, 5.74) is 0. The van der Waals surface area contributed by atoms with E-state index >= 15 is 0 Å². The summed E-state index contributed by atoms with van der Waals surface area (Å²) in [7, 11) is 0. The zero-order valence-electron chi connectivity index (χ0n) is 9.28. The maximum Gasteiger partial charge on any atom is 0.0979 e. The van der Waals surface area contributed by atoms with Gasteiger partial charge in [0.25, 0.3) is 0 Å². The highest BCUT2D eigenvalue weighted by Gasteiger charge is 2.19. The number of aliphatic hydroxyl groups excluding tert-OH is 1. The topological polar surface area (TPSA) is 29.5 Å². The lowest BCUT2D eigenvalue weighted by molar-refractivity contribution is -0.0642. The van der Waals surface area contributed by atoms with E-state index in [1.807, 2.05) is 19.9 Å². The number of ether oxygens (including phenoxy) is 1. The van der Waals surface area contributed by atoms with Crippen LogP contribution in [0, 0.1) is 0 Å². The van der Waals surface area contributed by atoms with Gasteiger partial charge < -0.3 is 9.84 Å². The molecular weight excluding hydrogens is 176 g/mol. The molecule has 0 aromatic rings. The van der Waals surface area contributed by atoms with Gasteiger partial charge in [-0.25, -0.2) is 0 Å². The molecule has 1 fully saturated rings. The molecule has 1 aliphatic carbocycles. The minimum Gasteiger partial charge on any atom is -0.386 e. The van der Waals surface area contributed by atoms with Crippen LogP contribution in [0.15, 0.2) is 12.2 Å². The summed E-state index contributed by atoms with van der Waals surface area (Å²) in [4.78, 5) is 0. The first kappa shape index (κ1) is 11.7. The van der Waals surface area contributed by atoms with Crippen LogP contribution in [-0.4, -0.2) is 23.4 Å². The number of hydrogen-bond donors (Lipinski definition) is 1. The van der Waals surface area contributed by atoms with Crippen molar-refractivity contribution in [2.45, 2.75) is 64.3 Å². The third kappa shape index (κ3) is 3.81. The van der Waals surface area contributed by atoms with Crippen LogP contribution in [-0.2, 0) is 4.74 Å². The maximum absolute atomic E-state index is 9.64. The highest BCUT2D eigenvalue weighted by atomic mass is 16.5. The molecule has 1 N–H and O–H groups in total. The summed E-state index contributed by atoms with van der Waals surface area (Å²) in [6, 6.07) is 0. The zero-order chi connectivity index (χ0) is 10.4. The molecule has 82 valence electrons. The first-order chi connectivity index (χ1) is 6.74. The molecule has 2 atom stereocenters. The maximum atomic E-state index is 9.64. The molecule has 0 radical (unpaired) electrons. The molecule has 0 aromatic carbocycles. The predicted molar refractivity (Wildman–Crippen MR) is 58.2 cm³/mol. The molecule has 0 aliphatic heterocycles. The number of rotatable bonds is 4. The molecule has 1 aliphatic rings. The molecule has 2 nitrogen and oxygen atoms in total. The van der Waals surface area contributed by atoms with Crippen LogP contribution in [0.5, 0.6) is 0 Å². The zero-order valence-corrected chi connectivity index (χ0v) is 9.28. The molecule has 0 bridgehead atoms. The van der Waals surface area contributed by atoms with Crippen LogP contribution < -0.4 is 0 Å². The first-order valence-corrected chi connectivity index (χ1v) is 5.70. The van der Waals surface area contributed by atoms with Crippen molar-refractivity contribution in [3.05, 3.63) is 12.2 Å². The fourth-order valence-electron chi connectivity index (χ4n) is 1.94. The Morgan fingerprint density at radius 2 is 1.93 bits per heavy atom. The molecule has 0 amide bonds. The van der Waals surface area contributed by atoms with E-state index in [-0.39, 0.29) is 6.10 Å². The summed E-state index contributed by atoms with van der Waals surface area (Å²) in [6.07, 6.45) is 9.70. The molecular formula is C12H22O2. The van der Waals surface area contributed by atoms with Gasteiger partial charge in [0, 0.05) is 0 Å². The number of allylic oxidation sites excluding steroid dienone is 1. The third-order valence-corrected chi connectivity index (χ3v) is 2.83. The van der Waals surface area contributed by atoms with Gasteiger partial charge in [0.2, 0.25) is 0 Å². The quantitative estimate of drug-likeness (QED) is 0.704. The average molecular weight is 198 g/mol. The van der Waals surface area contributed by atoms with Crippen molar-refractivity contribution in [3.8, 4) is 0 Å². The van der Waals surface area contributed by atoms with Gasteiger partial charge in [-0.05, 0) is 26.7 Å². The normalized spacial score (nSPS) is 23.9. The lowest BCUT2D eigenvalue weighted by atomic mass is 9.97. The minimum absolute atomic E-state index is 0.0747. The molecule has 2 heteroatoms. The molecule has 1 rings (SSSR count). The second-order valence-electron chi connectivity index (χ2n) is 4.12. The van der Waals surface area contributed by atoms with Gasteiger partial charge in [-0.3, -0.25) is 0 Å². The summed E-state index contributed by atoms with van der Waals surface area (Å²) in [6.45, 7) is 3.86. The van der Waals surface area contributed by atoms with E-state index < -0.39 is 6.10 Å². The lowest BCUT2D eigenvalue weighted by Crippen LogP contribution is -2.30. The Labute approximate surface area is 87.0 Å². The first-order valence-electron chi connectivity index (χ1n) is 5.70. The summed E-state index contributed by atoms with van der Waals surface area (Å²) < 4.78 is 5.80. The lowest BCUT2D eigenvalue weighted by Gasteiger charge is -2.27. The van der Waals surface area contributed by atoms with Gasteiger partial charge in [-0.15, -0.1) is 0 Å². The highest BCUT2D eigenvalue weighted by molar-refractivity contribution is 4.89. The van der Waals surface area contributed by atoms with E-state index in [4.69, 9.17) is 4.74 Å². The second-order valence-corrected chi connectivity index (χ2v) is 4.12. The Hall–Kier alpha value is -0.340. The Balaban J connectivity index is 2.27. The Morgan fingerprint density at radius 1 is 1.29 bits per heavy atom. The largest absolute Gasteiger partial charge is 0.386 e. The van der Waals surface area contributed by atoms with Crippen molar-refractivity contribution < 1.29 is 9.84 Å². The third-order valence-electron chi connectivity index (χ3n) is 2.83. The average Bonchev–Trinajstić information content (AvgIpc) is 2.19. The molecule has 1 saturated carbocycles. The van der Waals surface area contributed by atoms with Crippen molar-refractivity contribution in [2.24, 2.45) is 0 Å². The van der Waals surface area contributed by atoms with Gasteiger partial charge in [0.05, 0.1) is 18.3 Å². The van der Waals surface area contributed by atoms with Crippen molar-refractivity contribution in [1.82, 2.24) is 0 Å². The van der Waals surface area contributed by atoms with Crippen LogP contribution in [0.3, 0.4) is 0 Å². The fraction of sp³-hybridized carbons (Fsp3) is 0.833. The van der Waals surface area contributed by atoms with Crippen molar-refractivity contribution in [1.29, 1.82) is 0 Å². The SMILES string of the molecule is CC=CC(O)C(C)OC1CCCCC1. The molecule has 0 heterocycles. The van der Waals surface area contributed by atoms with Crippen molar-refractivity contribution in [3.63, 3.8) is 0 Å². The van der Waals surface area contributed by atoms with Crippen LogP contribution in [0.2, 0.25) is 0 Å². The van der Waals surface area contributed by atoms with E-state index in [0.29, 0.717) is 6.10 Å². The van der Waals surface area contributed by atoms with E-state index in [1.165, 1.54) is 19.3 Å². The van der Waals surface area contributed by atoms with Gasteiger partial charge in [0.15, 0.2) is 0 Å².